The van der Waals surface area contributed by atoms with Gasteiger partial charge in [-0.1, -0.05) is 64.7 Å². The van der Waals surface area contributed by atoms with Crippen LogP contribution in [-0.2, 0) is 71.4 Å². The van der Waals surface area contributed by atoms with Gasteiger partial charge in [0, 0.05) is 41.5 Å². The van der Waals surface area contributed by atoms with Crippen molar-refractivity contribution in [1.82, 2.24) is 5.32 Å². The van der Waals surface area contributed by atoms with Crippen LogP contribution in [0.25, 0.3) is 0 Å². The Kier molecular flexibility index (Phi) is 23.6. The monoisotopic (exact) mass is 819 g/mol. The molecule has 4 unspecified atom stereocenters. The van der Waals surface area contributed by atoms with E-state index in [1.807, 2.05) is 11.8 Å². The van der Waals surface area contributed by atoms with Crippen molar-refractivity contribution in [1.29, 1.82) is 0 Å². The molecule has 10 atom stereocenters. The number of hydrogen-bond acceptors (Lipinski definition) is 16. The van der Waals surface area contributed by atoms with E-state index in [4.69, 9.17) is 42.6 Å². The molecular weight excluding hydrogens is 754 g/mol. The number of carbonyl (C=O) groups is 6. The fraction of sp³-hybridized carbons (Fsp3) is 0.846. The molecule has 0 aliphatic carbocycles. The molecule has 2 saturated heterocycles. The van der Waals surface area contributed by atoms with Gasteiger partial charge in [0.25, 0.3) is 0 Å². The molecule has 2 rings (SSSR count). The fourth-order valence-electron chi connectivity index (χ4n) is 6.65. The van der Waals surface area contributed by atoms with E-state index in [0.717, 1.165) is 45.6 Å². The molecule has 17 heteroatoms. The molecule has 0 bridgehead atoms. The molecule has 0 aromatic carbocycles. The number of thioether (sulfide) groups is 1. The zero-order valence-electron chi connectivity index (χ0n) is 34.4. The van der Waals surface area contributed by atoms with Crippen molar-refractivity contribution < 1.29 is 71.4 Å². The Bertz CT molecular complexity index is 1240. The van der Waals surface area contributed by atoms with Crippen molar-refractivity contribution >= 4 is 47.5 Å². The van der Waals surface area contributed by atoms with Crippen molar-refractivity contribution in [3.05, 3.63) is 0 Å². The van der Waals surface area contributed by atoms with Gasteiger partial charge in [-0.05, 0) is 31.3 Å². The molecule has 2 aliphatic rings. The summed E-state index contributed by atoms with van der Waals surface area (Å²) in [5.41, 5.74) is 0. The predicted molar refractivity (Wildman–Crippen MR) is 204 cm³/mol. The Morgan fingerprint density at radius 3 is 1.64 bits per heavy atom. The normalized spacial score (nSPS) is 27.4. The number of rotatable bonds is 25. The van der Waals surface area contributed by atoms with Gasteiger partial charge in [0.05, 0.1) is 12.7 Å². The van der Waals surface area contributed by atoms with Gasteiger partial charge >= 0.3 is 29.8 Å². The van der Waals surface area contributed by atoms with Gasteiger partial charge in [-0.3, -0.25) is 28.8 Å². The highest BCUT2D eigenvalue weighted by Crippen LogP contribution is 2.34. The average molecular weight is 820 g/mol. The van der Waals surface area contributed by atoms with Crippen molar-refractivity contribution in [3.63, 3.8) is 0 Å². The van der Waals surface area contributed by atoms with Gasteiger partial charge in [-0.15, -0.1) is 0 Å². The second kappa shape index (κ2) is 26.8. The van der Waals surface area contributed by atoms with E-state index < -0.39 is 97.1 Å². The first-order valence-corrected chi connectivity index (χ1v) is 21.0. The number of ether oxygens (including phenoxy) is 9. The van der Waals surface area contributed by atoms with E-state index in [9.17, 15) is 28.8 Å². The highest BCUT2D eigenvalue weighted by Gasteiger charge is 2.56. The molecule has 0 aromatic heterocycles. The SMILES string of the molecule is CCCCCCCCCCCCSCCCO[C@@H]1OC(COC(C)=O)[C@H](OC(C)=O)[C@H](O[C@@H]2OC(C)[C@H](OC(C)=O)[C@H](OC(C)=O)C2OC(C)=O)C1NC(C)=O. The smallest absolute Gasteiger partial charge is 0.303 e. The van der Waals surface area contributed by atoms with Crippen LogP contribution < -0.4 is 5.32 Å². The molecule has 0 aromatic rings. The number of hydrogen-bond donors (Lipinski definition) is 1. The van der Waals surface area contributed by atoms with E-state index in [-0.39, 0.29) is 13.2 Å². The second-order valence-corrected chi connectivity index (χ2v) is 15.4. The number of carbonyl (C=O) groups excluding carboxylic acids is 6. The number of unbranched alkanes of at least 4 members (excludes halogenated alkanes) is 9. The zero-order chi connectivity index (χ0) is 41.6. The minimum Gasteiger partial charge on any atom is -0.463 e. The maximum Gasteiger partial charge on any atom is 0.303 e. The van der Waals surface area contributed by atoms with Gasteiger partial charge in [0.1, 0.15) is 24.9 Å². The average Bonchev–Trinajstić information content (AvgIpc) is 3.10. The van der Waals surface area contributed by atoms with E-state index in [2.05, 4.69) is 12.2 Å². The topological polar surface area (TPSA) is 198 Å². The van der Waals surface area contributed by atoms with Crippen LogP contribution in [-0.4, -0.2) is 122 Å². The second-order valence-electron chi connectivity index (χ2n) is 14.2. The van der Waals surface area contributed by atoms with Crippen LogP contribution in [0.4, 0.5) is 0 Å². The molecule has 0 saturated carbocycles. The first-order valence-electron chi connectivity index (χ1n) is 19.9. The Hall–Kier alpha value is -2.99. The third-order valence-corrected chi connectivity index (χ3v) is 10.2. The minimum atomic E-state index is -1.54. The molecule has 0 radical (unpaired) electrons. The first kappa shape index (κ1) is 49.2. The van der Waals surface area contributed by atoms with Gasteiger partial charge in [-0.2, -0.15) is 11.8 Å². The molecule has 322 valence electrons. The van der Waals surface area contributed by atoms with Crippen molar-refractivity contribution in [2.75, 3.05) is 24.7 Å². The molecule has 2 aliphatic heterocycles. The summed E-state index contributed by atoms with van der Waals surface area (Å²) in [4.78, 5) is 73.7. The van der Waals surface area contributed by atoms with Crippen LogP contribution in [0.3, 0.4) is 0 Å². The fourth-order valence-corrected chi connectivity index (χ4v) is 7.59. The van der Waals surface area contributed by atoms with Crippen LogP contribution in [0.15, 0.2) is 0 Å². The van der Waals surface area contributed by atoms with E-state index in [1.165, 1.54) is 78.6 Å². The predicted octanol–water partition coefficient (Wildman–Crippen LogP) is 4.70. The largest absolute Gasteiger partial charge is 0.463 e. The van der Waals surface area contributed by atoms with E-state index in [1.54, 1.807) is 0 Å². The lowest BCUT2D eigenvalue weighted by Crippen LogP contribution is -2.69. The summed E-state index contributed by atoms with van der Waals surface area (Å²) >= 11 is 1.83. The quantitative estimate of drug-likeness (QED) is 0.0755. The molecule has 2 heterocycles. The summed E-state index contributed by atoms with van der Waals surface area (Å²) in [6, 6.07) is -1.15. The lowest BCUT2D eigenvalue weighted by molar-refractivity contribution is -0.343. The third kappa shape index (κ3) is 18.5. The van der Waals surface area contributed by atoms with Gasteiger partial charge in [0.15, 0.2) is 37.0 Å². The highest BCUT2D eigenvalue weighted by atomic mass is 32.2. The van der Waals surface area contributed by atoms with Crippen LogP contribution in [0, 0.1) is 0 Å². The zero-order valence-corrected chi connectivity index (χ0v) is 35.2. The Labute approximate surface area is 335 Å². The summed E-state index contributed by atoms with van der Waals surface area (Å²) in [6.07, 6.45) is 1.75. The summed E-state index contributed by atoms with van der Waals surface area (Å²) < 4.78 is 52.4. The van der Waals surface area contributed by atoms with Gasteiger partial charge in [0.2, 0.25) is 5.91 Å². The summed E-state index contributed by atoms with van der Waals surface area (Å²) in [5, 5.41) is 2.77. The lowest BCUT2D eigenvalue weighted by atomic mass is 9.94. The number of amides is 1. The molecule has 56 heavy (non-hydrogen) atoms. The van der Waals surface area contributed by atoms with Crippen LogP contribution in [0.1, 0.15) is 126 Å². The molecular formula is C39H65NO15S. The minimum absolute atomic E-state index is 0.225. The van der Waals surface area contributed by atoms with E-state index >= 15 is 0 Å². The maximum absolute atomic E-state index is 12.6. The van der Waals surface area contributed by atoms with E-state index in [0.29, 0.717) is 6.42 Å². The summed E-state index contributed by atoms with van der Waals surface area (Å²) in [6.45, 7) is 10.6. The van der Waals surface area contributed by atoms with Crippen LogP contribution in [0.5, 0.6) is 0 Å². The summed E-state index contributed by atoms with van der Waals surface area (Å²) in [7, 11) is 0. The number of nitrogens with one attached hydrogen (secondary N) is 1. The van der Waals surface area contributed by atoms with Crippen LogP contribution in [0.2, 0.25) is 0 Å². The van der Waals surface area contributed by atoms with Crippen LogP contribution >= 0.6 is 11.8 Å². The number of esters is 5. The Morgan fingerprint density at radius 1 is 0.571 bits per heavy atom. The standard InChI is InChI=1S/C39H65NO15S/c1-9-10-11-12-13-14-15-16-17-18-21-56-22-19-20-47-38-32(40-25(3)41)35(34(51-28(6)44)31(54-38)23-48-26(4)42)55-39-37(53-30(8)46)36(52-29(7)45)33(24(2)49-39)50-27(5)43/h24,31-39H,9-23H2,1-8H3,(H,40,41)/t24?,31?,32?,33-,34-,35+,36-,37?,38+,39-/m0/s1. The van der Waals surface area contributed by atoms with Gasteiger partial charge < -0.3 is 47.9 Å². The highest BCUT2D eigenvalue weighted by molar-refractivity contribution is 7.99. The molecule has 0 spiro atoms. The molecule has 1 amide bonds. The van der Waals surface area contributed by atoms with Crippen molar-refractivity contribution in [2.24, 2.45) is 0 Å². The van der Waals surface area contributed by atoms with Gasteiger partial charge in [-0.25, -0.2) is 0 Å². The first-order chi connectivity index (χ1) is 26.6. The lowest BCUT2D eigenvalue weighted by Gasteiger charge is -2.49. The molecule has 1 N–H and O–H groups in total. The Morgan fingerprint density at radius 2 is 1.09 bits per heavy atom. The van der Waals surface area contributed by atoms with Crippen molar-refractivity contribution in [2.45, 2.75) is 187 Å². The Balaban J connectivity index is 2.26. The van der Waals surface area contributed by atoms with Crippen molar-refractivity contribution in [3.8, 4) is 0 Å². The maximum atomic E-state index is 12.6. The third-order valence-electron chi connectivity index (χ3n) is 9.05. The summed E-state index contributed by atoms with van der Waals surface area (Å²) in [5.74, 6) is -2.31. The molecule has 16 nitrogen and oxygen atoms in total. The molecule has 2 fully saturated rings.